The van der Waals surface area contributed by atoms with Crippen LogP contribution in [0.4, 0.5) is 10.5 Å². The Labute approximate surface area is 89.2 Å². The molecule has 1 N–H and O–H groups in total. The lowest BCUT2D eigenvalue weighted by Crippen LogP contribution is -2.21. The number of benzene rings is 1. The van der Waals surface area contributed by atoms with Crippen molar-refractivity contribution in [1.82, 2.24) is 0 Å². The van der Waals surface area contributed by atoms with Gasteiger partial charge in [0.15, 0.2) is 0 Å². The highest BCUT2D eigenvalue weighted by molar-refractivity contribution is 5.84. The van der Waals surface area contributed by atoms with Crippen LogP contribution in [0.15, 0.2) is 18.2 Å². The summed E-state index contributed by atoms with van der Waals surface area (Å²) in [4.78, 5) is 11.3. The average molecular weight is 208 g/mol. The fourth-order valence-corrected chi connectivity index (χ4v) is 0.996. The predicted molar refractivity (Wildman–Crippen MR) is 56.6 cm³/mol. The molecule has 0 aliphatic heterocycles. The third kappa shape index (κ3) is 3.99. The molecule has 81 valence electrons. The van der Waals surface area contributed by atoms with Crippen LogP contribution in [0.2, 0.25) is 0 Å². The lowest BCUT2D eigenvalue weighted by molar-refractivity contribution is -0.0629. The second kappa shape index (κ2) is 5.36. The maximum Gasteiger partial charge on any atom is 0.413 e. The van der Waals surface area contributed by atoms with Gasteiger partial charge < -0.3 is 9.47 Å². The zero-order valence-corrected chi connectivity index (χ0v) is 9.03. The van der Waals surface area contributed by atoms with E-state index in [2.05, 4.69) is 11.4 Å². The lowest BCUT2D eigenvalue weighted by Gasteiger charge is -2.11. The molecule has 4 nitrogen and oxygen atoms in total. The number of anilines is 1. The fourth-order valence-electron chi connectivity index (χ4n) is 0.996. The minimum absolute atomic E-state index is 0.550. The molecule has 0 spiro atoms. The Hall–Kier alpha value is -1.55. The summed E-state index contributed by atoms with van der Waals surface area (Å²) in [7, 11) is 1.47. The van der Waals surface area contributed by atoms with Gasteiger partial charge in [-0.05, 0) is 25.5 Å². The summed E-state index contributed by atoms with van der Waals surface area (Å²) in [6.07, 6.45) is -1.11. The molecule has 0 aromatic heterocycles. The lowest BCUT2D eigenvalue weighted by atomic mass is 10.2. The van der Waals surface area contributed by atoms with Crippen molar-refractivity contribution < 1.29 is 14.3 Å². The minimum atomic E-state index is -0.560. The Balaban J connectivity index is 2.51. The quantitative estimate of drug-likeness (QED) is 0.775. The molecule has 0 saturated heterocycles. The van der Waals surface area contributed by atoms with Crippen LogP contribution in [0.1, 0.15) is 12.5 Å². The molecule has 1 aromatic rings. The highest BCUT2D eigenvalue weighted by atomic mass is 16.7. The Kier molecular flexibility index (Phi) is 4.12. The van der Waals surface area contributed by atoms with Crippen molar-refractivity contribution in [2.24, 2.45) is 0 Å². The van der Waals surface area contributed by atoms with Crippen molar-refractivity contribution in [1.29, 1.82) is 0 Å². The Bertz CT molecular complexity index is 338. The molecular weight excluding hydrogens is 194 g/mol. The highest BCUT2D eigenvalue weighted by Gasteiger charge is 2.07. The summed E-state index contributed by atoms with van der Waals surface area (Å²) >= 11 is 0. The number of carbonyl (C=O) groups is 1. The van der Waals surface area contributed by atoms with Crippen LogP contribution in [0.3, 0.4) is 0 Å². The second-order valence-corrected chi connectivity index (χ2v) is 3.08. The van der Waals surface area contributed by atoms with Gasteiger partial charge in [-0.25, -0.2) is 4.79 Å². The van der Waals surface area contributed by atoms with E-state index < -0.39 is 12.4 Å². The molecule has 0 bridgehead atoms. The molecule has 1 aromatic carbocycles. The van der Waals surface area contributed by atoms with Gasteiger partial charge >= 0.3 is 6.09 Å². The van der Waals surface area contributed by atoms with Gasteiger partial charge in [0, 0.05) is 13.2 Å². The van der Waals surface area contributed by atoms with Gasteiger partial charge in [0.1, 0.15) is 0 Å². The molecule has 0 saturated carbocycles. The standard InChI is InChI=1S/C11H14NO3/c1-8-5-4-6-10(7-8)12-11(13)15-9(2)14-3/h4-6,9H,1-3H3,(H,12,13). The topological polar surface area (TPSA) is 47.6 Å². The summed E-state index contributed by atoms with van der Waals surface area (Å²) in [5.74, 6) is 0. The maximum absolute atomic E-state index is 11.3. The summed E-state index contributed by atoms with van der Waals surface area (Å²) in [6, 6.07) is 8.45. The average Bonchev–Trinajstić information content (AvgIpc) is 2.17. The van der Waals surface area contributed by atoms with Gasteiger partial charge in [0.05, 0.1) is 5.69 Å². The fraction of sp³-hybridized carbons (Fsp3) is 0.364. The monoisotopic (exact) mass is 208 g/mol. The molecule has 1 rings (SSSR count). The summed E-state index contributed by atoms with van der Waals surface area (Å²) in [6.45, 7) is 3.54. The van der Waals surface area contributed by atoms with Gasteiger partial charge in [0.2, 0.25) is 6.29 Å². The van der Waals surface area contributed by atoms with E-state index in [0.717, 1.165) is 5.56 Å². The van der Waals surface area contributed by atoms with E-state index in [0.29, 0.717) is 5.69 Å². The predicted octanol–water partition coefficient (Wildman–Crippen LogP) is 2.34. The van der Waals surface area contributed by atoms with Gasteiger partial charge in [-0.15, -0.1) is 0 Å². The van der Waals surface area contributed by atoms with Crippen molar-refractivity contribution >= 4 is 11.8 Å². The zero-order valence-electron chi connectivity index (χ0n) is 9.03. The van der Waals surface area contributed by atoms with E-state index in [4.69, 9.17) is 9.47 Å². The highest BCUT2D eigenvalue weighted by Crippen LogP contribution is 2.09. The van der Waals surface area contributed by atoms with Crippen molar-refractivity contribution in [3.8, 4) is 0 Å². The van der Waals surface area contributed by atoms with Gasteiger partial charge in [-0.1, -0.05) is 12.1 Å². The van der Waals surface area contributed by atoms with Crippen LogP contribution in [-0.2, 0) is 9.47 Å². The van der Waals surface area contributed by atoms with Crippen LogP contribution in [0.25, 0.3) is 0 Å². The number of carbonyl (C=O) groups excluding carboxylic acids is 1. The minimum Gasteiger partial charge on any atom is -0.420 e. The molecule has 4 heteroatoms. The second-order valence-electron chi connectivity index (χ2n) is 3.08. The smallest absolute Gasteiger partial charge is 0.413 e. The summed E-state index contributed by atoms with van der Waals surface area (Å²) in [5, 5.41) is 2.55. The third-order valence-electron chi connectivity index (χ3n) is 1.78. The molecule has 1 radical (unpaired) electrons. The van der Waals surface area contributed by atoms with E-state index >= 15 is 0 Å². The Morgan fingerprint density at radius 3 is 2.87 bits per heavy atom. The van der Waals surface area contributed by atoms with Crippen LogP contribution in [-0.4, -0.2) is 19.5 Å². The van der Waals surface area contributed by atoms with Gasteiger partial charge in [0.25, 0.3) is 0 Å². The van der Waals surface area contributed by atoms with Gasteiger partial charge in [-0.2, -0.15) is 0 Å². The number of methoxy groups -OCH3 is 1. The number of ether oxygens (including phenoxy) is 2. The normalized spacial score (nSPS) is 11.9. The molecule has 1 amide bonds. The molecule has 0 aliphatic rings. The first-order chi connectivity index (χ1) is 7.11. The van der Waals surface area contributed by atoms with E-state index in [-0.39, 0.29) is 0 Å². The van der Waals surface area contributed by atoms with Crippen molar-refractivity contribution in [3.63, 3.8) is 0 Å². The van der Waals surface area contributed by atoms with Gasteiger partial charge in [-0.3, -0.25) is 5.32 Å². The van der Waals surface area contributed by atoms with Crippen LogP contribution >= 0.6 is 0 Å². The first kappa shape index (κ1) is 11.5. The number of rotatable bonds is 3. The largest absolute Gasteiger partial charge is 0.420 e. The molecule has 1 atom stereocenters. The third-order valence-corrected chi connectivity index (χ3v) is 1.78. The number of aryl methyl sites for hydroxylation is 1. The van der Waals surface area contributed by atoms with Crippen molar-refractivity contribution in [3.05, 3.63) is 29.8 Å². The Morgan fingerprint density at radius 1 is 1.53 bits per heavy atom. The Morgan fingerprint density at radius 2 is 2.27 bits per heavy atom. The number of hydrogen-bond acceptors (Lipinski definition) is 3. The van der Waals surface area contributed by atoms with Crippen LogP contribution < -0.4 is 5.32 Å². The number of hydrogen-bond donors (Lipinski definition) is 1. The van der Waals surface area contributed by atoms with E-state index in [9.17, 15) is 4.79 Å². The number of amides is 1. The van der Waals surface area contributed by atoms with Crippen molar-refractivity contribution in [2.75, 3.05) is 12.4 Å². The van der Waals surface area contributed by atoms with Crippen LogP contribution in [0, 0.1) is 13.0 Å². The van der Waals surface area contributed by atoms with E-state index in [1.165, 1.54) is 7.11 Å². The zero-order chi connectivity index (χ0) is 11.3. The van der Waals surface area contributed by atoms with E-state index in [1.807, 2.05) is 19.1 Å². The molecule has 0 aliphatic carbocycles. The maximum atomic E-state index is 11.3. The summed E-state index contributed by atoms with van der Waals surface area (Å²) < 4.78 is 9.64. The molecule has 0 fully saturated rings. The van der Waals surface area contributed by atoms with Crippen LogP contribution in [0.5, 0.6) is 0 Å². The number of nitrogens with one attached hydrogen (secondary N) is 1. The molecule has 15 heavy (non-hydrogen) atoms. The van der Waals surface area contributed by atoms with E-state index in [1.54, 1.807) is 13.0 Å². The molecule has 1 unspecified atom stereocenters. The molecular formula is C11H14NO3. The first-order valence-electron chi connectivity index (χ1n) is 4.61. The summed E-state index contributed by atoms with van der Waals surface area (Å²) in [5.41, 5.74) is 1.54. The first-order valence-corrected chi connectivity index (χ1v) is 4.61. The molecule has 0 heterocycles. The SMILES string of the molecule is COC(C)OC(=O)Nc1[c]c(C)ccc1. The van der Waals surface area contributed by atoms with Crippen molar-refractivity contribution in [2.45, 2.75) is 20.1 Å².